The van der Waals surface area contributed by atoms with E-state index in [-0.39, 0.29) is 46.0 Å². The number of anilines is 1. The number of nitrogens with one attached hydrogen (secondary N) is 1. The Morgan fingerprint density at radius 3 is 2.69 bits per heavy atom. The lowest BCUT2D eigenvalue weighted by Crippen LogP contribution is -2.24. The number of hydrogen-bond acceptors (Lipinski definition) is 7. The van der Waals surface area contributed by atoms with Crippen molar-refractivity contribution in [2.24, 2.45) is 0 Å². The Kier molecular flexibility index (Phi) is 7.14. The van der Waals surface area contributed by atoms with Crippen LogP contribution in [0.3, 0.4) is 0 Å². The van der Waals surface area contributed by atoms with Gasteiger partial charge in [0, 0.05) is 49.3 Å². The third-order valence-electron chi connectivity index (χ3n) is 5.43. The van der Waals surface area contributed by atoms with E-state index in [1.54, 1.807) is 11.4 Å². The van der Waals surface area contributed by atoms with E-state index in [0.717, 1.165) is 23.5 Å². The molecule has 0 radical (unpaired) electrons. The fraction of sp³-hybridized carbons (Fsp3) is 0.304. The van der Waals surface area contributed by atoms with Gasteiger partial charge in [-0.1, -0.05) is 6.07 Å². The van der Waals surface area contributed by atoms with E-state index < -0.39 is 27.9 Å². The molecular weight excluding hydrogens is 519 g/mol. The molecule has 0 bridgehead atoms. The third kappa shape index (κ3) is 5.73. The Labute approximate surface area is 209 Å². The van der Waals surface area contributed by atoms with Crippen LogP contribution in [0.25, 0.3) is 0 Å². The van der Waals surface area contributed by atoms with E-state index in [9.17, 15) is 26.4 Å². The number of ether oxygens (including phenoxy) is 2. The first-order valence-corrected chi connectivity index (χ1v) is 13.1. The molecule has 1 N–H and O–H groups in total. The van der Waals surface area contributed by atoms with Crippen LogP contribution in [0.5, 0.6) is 11.5 Å². The molecule has 1 amide bonds. The van der Waals surface area contributed by atoms with E-state index in [1.807, 2.05) is 0 Å². The minimum atomic E-state index is -4.58. The van der Waals surface area contributed by atoms with Crippen LogP contribution in [0.4, 0.5) is 18.3 Å². The molecule has 1 aliphatic heterocycles. The number of rotatable bonds is 7. The van der Waals surface area contributed by atoms with Gasteiger partial charge in [-0.25, -0.2) is 13.4 Å². The van der Waals surface area contributed by atoms with Crippen LogP contribution < -0.4 is 14.2 Å². The fourth-order valence-corrected chi connectivity index (χ4v) is 5.36. The van der Waals surface area contributed by atoms with Crippen LogP contribution in [0.2, 0.25) is 0 Å². The number of carbonyl (C=O) groups is 1. The second kappa shape index (κ2) is 9.97. The van der Waals surface area contributed by atoms with Crippen molar-refractivity contribution in [2.75, 3.05) is 25.4 Å². The zero-order chi connectivity index (χ0) is 26.1. The van der Waals surface area contributed by atoms with Crippen molar-refractivity contribution < 1.29 is 35.9 Å². The summed E-state index contributed by atoms with van der Waals surface area (Å²) in [6.45, 7) is 0.202. The molecule has 1 aliphatic rings. The Morgan fingerprint density at radius 2 is 2.03 bits per heavy atom. The first-order valence-electron chi connectivity index (χ1n) is 10.7. The van der Waals surface area contributed by atoms with Gasteiger partial charge in [-0.15, -0.1) is 11.3 Å². The molecule has 0 aliphatic carbocycles. The number of amides is 1. The summed E-state index contributed by atoms with van der Waals surface area (Å²) in [6, 6.07) is 7.32. The van der Waals surface area contributed by atoms with Gasteiger partial charge < -0.3 is 14.4 Å². The number of nitrogens with zero attached hydrogens (tertiary/aromatic N) is 2. The lowest BCUT2D eigenvalue weighted by molar-refractivity contribution is -0.137. The largest absolute Gasteiger partial charge is 0.493 e. The number of sulfonamides is 1. The SMILES string of the molecule is CN(C)C(=O)Cc1cc(C(F)(F)F)ccc1O[C@@H]1CCOc2cc(S(=O)(=O)Nc3nccs3)ccc21. The minimum Gasteiger partial charge on any atom is -0.493 e. The first-order chi connectivity index (χ1) is 16.9. The van der Waals surface area contributed by atoms with Gasteiger partial charge in [-0.3, -0.25) is 9.52 Å². The second-order valence-corrected chi connectivity index (χ2v) is 10.7. The number of carbonyl (C=O) groups excluding carboxylic acids is 1. The molecule has 8 nitrogen and oxygen atoms in total. The third-order valence-corrected chi connectivity index (χ3v) is 7.59. The molecule has 3 aromatic rings. The molecule has 0 saturated carbocycles. The van der Waals surface area contributed by atoms with Crippen LogP contribution in [-0.2, 0) is 27.4 Å². The molecule has 0 saturated heterocycles. The summed E-state index contributed by atoms with van der Waals surface area (Å²) in [4.78, 5) is 17.4. The van der Waals surface area contributed by atoms with Gasteiger partial charge in [0.2, 0.25) is 5.91 Å². The average Bonchev–Trinajstić information content (AvgIpc) is 3.31. The maximum atomic E-state index is 13.3. The predicted octanol–water partition coefficient (Wildman–Crippen LogP) is 4.50. The summed E-state index contributed by atoms with van der Waals surface area (Å²) in [5, 5.41) is 1.86. The summed E-state index contributed by atoms with van der Waals surface area (Å²) < 4.78 is 79.4. The number of aromatic nitrogens is 1. The van der Waals surface area contributed by atoms with Crippen LogP contribution in [0.1, 0.15) is 29.2 Å². The van der Waals surface area contributed by atoms with Gasteiger partial charge >= 0.3 is 6.18 Å². The number of hydrogen-bond donors (Lipinski definition) is 1. The van der Waals surface area contributed by atoms with Gasteiger partial charge in [-0.2, -0.15) is 13.2 Å². The molecule has 2 aromatic carbocycles. The van der Waals surface area contributed by atoms with E-state index in [1.165, 1.54) is 43.4 Å². The van der Waals surface area contributed by atoms with Gasteiger partial charge in [0.25, 0.3) is 10.0 Å². The van der Waals surface area contributed by atoms with E-state index >= 15 is 0 Å². The van der Waals surface area contributed by atoms with Gasteiger partial charge in [0.15, 0.2) is 5.13 Å². The van der Waals surface area contributed by atoms with Crippen molar-refractivity contribution in [1.29, 1.82) is 0 Å². The van der Waals surface area contributed by atoms with Gasteiger partial charge in [0.1, 0.15) is 17.6 Å². The minimum absolute atomic E-state index is 0.0381. The predicted molar refractivity (Wildman–Crippen MR) is 127 cm³/mol. The Morgan fingerprint density at radius 1 is 1.25 bits per heavy atom. The highest BCUT2D eigenvalue weighted by atomic mass is 32.2. The topological polar surface area (TPSA) is 97.8 Å². The van der Waals surface area contributed by atoms with Crippen molar-refractivity contribution in [3.63, 3.8) is 0 Å². The van der Waals surface area contributed by atoms with Crippen LogP contribution in [0.15, 0.2) is 52.9 Å². The number of likely N-dealkylation sites (N-methyl/N-ethyl adjacent to an activating group) is 1. The monoisotopic (exact) mass is 541 g/mol. The molecule has 4 rings (SSSR count). The van der Waals surface area contributed by atoms with E-state index in [0.29, 0.717) is 12.0 Å². The van der Waals surface area contributed by atoms with Gasteiger partial charge in [-0.05, 0) is 24.3 Å². The quantitative estimate of drug-likeness (QED) is 0.473. The average molecular weight is 542 g/mol. The van der Waals surface area contributed by atoms with Crippen LogP contribution >= 0.6 is 11.3 Å². The maximum absolute atomic E-state index is 13.3. The van der Waals surface area contributed by atoms with Crippen molar-refractivity contribution in [3.05, 3.63) is 64.7 Å². The van der Waals surface area contributed by atoms with Gasteiger partial charge in [0.05, 0.1) is 23.5 Å². The highest BCUT2D eigenvalue weighted by Crippen LogP contribution is 2.39. The molecule has 1 aromatic heterocycles. The first kappa shape index (κ1) is 25.8. The van der Waals surface area contributed by atoms with Crippen molar-refractivity contribution in [3.8, 4) is 11.5 Å². The lowest BCUT2D eigenvalue weighted by Gasteiger charge is -2.28. The number of benzene rings is 2. The molecule has 13 heteroatoms. The van der Waals surface area contributed by atoms with Crippen molar-refractivity contribution in [2.45, 2.75) is 30.0 Å². The summed E-state index contributed by atoms with van der Waals surface area (Å²) in [6.07, 6.45) is -3.63. The number of halogens is 3. The summed E-state index contributed by atoms with van der Waals surface area (Å²) >= 11 is 1.13. The molecule has 192 valence electrons. The van der Waals surface area contributed by atoms with Crippen LogP contribution in [-0.4, -0.2) is 44.9 Å². The molecular formula is C23H22F3N3O5S2. The highest BCUT2D eigenvalue weighted by Gasteiger charge is 2.32. The number of alkyl halides is 3. The number of thiazole rings is 1. The highest BCUT2D eigenvalue weighted by molar-refractivity contribution is 7.93. The van der Waals surface area contributed by atoms with Crippen LogP contribution in [0, 0.1) is 0 Å². The van der Waals surface area contributed by atoms with Crippen molar-refractivity contribution in [1.82, 2.24) is 9.88 Å². The zero-order valence-corrected chi connectivity index (χ0v) is 20.8. The van der Waals surface area contributed by atoms with E-state index in [2.05, 4.69) is 9.71 Å². The summed E-state index contributed by atoms with van der Waals surface area (Å²) in [7, 11) is -0.884. The number of fused-ring (bicyclic) bond motifs is 1. The Hall–Kier alpha value is -3.32. The Balaban J connectivity index is 1.62. The molecule has 0 unspecified atom stereocenters. The zero-order valence-electron chi connectivity index (χ0n) is 19.2. The van der Waals surface area contributed by atoms with E-state index in [4.69, 9.17) is 9.47 Å². The summed E-state index contributed by atoms with van der Waals surface area (Å²) in [5.41, 5.74) is -0.242. The fourth-order valence-electron chi connectivity index (χ4n) is 3.56. The normalized spacial score (nSPS) is 15.5. The van der Waals surface area contributed by atoms with Crippen molar-refractivity contribution >= 4 is 32.4 Å². The summed E-state index contributed by atoms with van der Waals surface area (Å²) in [5.74, 6) is 0.0402. The standard InChI is InChI=1S/C23H22F3N3O5S2/c1-29(2)21(30)12-14-11-15(23(24,25)26)3-6-18(14)34-19-7-9-33-20-13-16(4-5-17(19)20)36(31,32)28-22-27-8-10-35-22/h3-6,8,10-11,13,19H,7,9,12H2,1-2H3,(H,27,28)/t19-/m1/s1. The molecule has 0 spiro atoms. The molecule has 1 atom stereocenters. The smallest absolute Gasteiger partial charge is 0.416 e. The molecule has 0 fully saturated rings. The lowest BCUT2D eigenvalue weighted by atomic mass is 10.0. The Bertz CT molecular complexity index is 1360. The molecule has 2 heterocycles. The molecule has 36 heavy (non-hydrogen) atoms. The maximum Gasteiger partial charge on any atom is 0.416 e. The second-order valence-electron chi connectivity index (χ2n) is 8.17.